The van der Waals surface area contributed by atoms with Crippen LogP contribution in [0.15, 0.2) is 24.3 Å². The van der Waals surface area contributed by atoms with Gasteiger partial charge in [0.1, 0.15) is 22.8 Å². The summed E-state index contributed by atoms with van der Waals surface area (Å²) in [6.07, 6.45) is 13.7. The third kappa shape index (κ3) is 20.8. The topological polar surface area (TPSA) is 138 Å². The Morgan fingerprint density at radius 1 is 0.645 bits per heavy atom. The zero-order valence-electron chi connectivity index (χ0n) is 43.4. The van der Waals surface area contributed by atoms with E-state index in [0.29, 0.717) is 49.7 Å². The van der Waals surface area contributed by atoms with Crippen LogP contribution in [0.25, 0.3) is 0 Å². The molecule has 2 atom stereocenters. The molecule has 2 fully saturated rings. The number of piperidine rings is 2. The number of hydrogen-bond acceptors (Lipinski definition) is 9. The molecule has 0 radical (unpaired) electrons. The van der Waals surface area contributed by atoms with Gasteiger partial charge in [-0.05, 0) is 166 Å². The maximum atomic E-state index is 13.2. The molecule has 2 aliphatic heterocycles. The van der Waals surface area contributed by atoms with Gasteiger partial charge >= 0.3 is 12.2 Å². The number of alkyl carbamates (subject to hydrolysis) is 2. The highest BCUT2D eigenvalue weighted by Gasteiger charge is 2.47. The molecule has 11 heteroatoms. The number of hydrogen-bond donors (Lipinski definition) is 3. The second-order valence-electron chi connectivity index (χ2n) is 24.5. The van der Waals surface area contributed by atoms with Crippen LogP contribution < -0.4 is 10.6 Å². The van der Waals surface area contributed by atoms with Crippen LogP contribution in [0.5, 0.6) is 0 Å². The number of likely N-dealkylation sites (tertiary alicyclic amines) is 1. The Morgan fingerprint density at radius 2 is 1.02 bits per heavy atom. The van der Waals surface area contributed by atoms with Gasteiger partial charge in [-0.1, -0.05) is 65.8 Å². The SMILES string of the molecule is CC(C)C[C@@H](/C=C/C(C)(C)CC(=O)C1CC(C)(C)N(O)C(C)(C)C1)NC(=O)OC(C)(C)C.CC(C)C[C@@H](/C=C/CCC(=O)C1CC(C)(C)N(C)C(C)(C)C1)NC(=O)OC(C)(C)C. The summed E-state index contributed by atoms with van der Waals surface area (Å²) in [5.74, 6) is 1.47. The number of nitrogens with zero attached hydrogens (tertiary/aromatic N) is 2. The number of Topliss-reactive ketones (excluding diaryl/α,β-unsaturated/α-hetero) is 2. The van der Waals surface area contributed by atoms with E-state index in [1.165, 1.54) is 5.06 Å². The van der Waals surface area contributed by atoms with Crippen molar-refractivity contribution < 1.29 is 33.9 Å². The highest BCUT2D eigenvalue weighted by atomic mass is 16.6. The van der Waals surface area contributed by atoms with Gasteiger partial charge in [0.2, 0.25) is 0 Å². The Balaban J connectivity index is 0.000000621. The fourth-order valence-electron chi connectivity index (χ4n) is 9.12. The summed E-state index contributed by atoms with van der Waals surface area (Å²) in [5.41, 5.74) is -2.24. The Bertz CT molecular complexity index is 1490. The molecule has 0 aliphatic carbocycles. The third-order valence-corrected chi connectivity index (χ3v) is 12.0. The van der Waals surface area contributed by atoms with Crippen LogP contribution in [-0.4, -0.2) is 91.4 Å². The van der Waals surface area contributed by atoms with Gasteiger partial charge in [-0.3, -0.25) is 14.5 Å². The van der Waals surface area contributed by atoms with Gasteiger partial charge < -0.3 is 25.3 Å². The lowest BCUT2D eigenvalue weighted by Crippen LogP contribution is -2.60. The molecule has 2 aliphatic rings. The maximum absolute atomic E-state index is 13.2. The number of rotatable bonds is 16. The highest BCUT2D eigenvalue weighted by Crippen LogP contribution is 2.43. The largest absolute Gasteiger partial charge is 0.444 e. The molecule has 0 aromatic heterocycles. The second-order valence-corrected chi connectivity index (χ2v) is 24.5. The van der Waals surface area contributed by atoms with E-state index >= 15 is 0 Å². The molecule has 0 unspecified atom stereocenters. The van der Waals surface area contributed by atoms with Gasteiger partial charge in [-0.25, -0.2) is 9.59 Å². The summed E-state index contributed by atoms with van der Waals surface area (Å²) >= 11 is 0. The molecule has 2 rings (SSSR count). The first kappa shape index (κ1) is 57.3. The molecule has 0 spiro atoms. The zero-order valence-corrected chi connectivity index (χ0v) is 43.4. The van der Waals surface area contributed by atoms with E-state index in [1.54, 1.807) is 0 Å². The van der Waals surface area contributed by atoms with Crippen molar-refractivity contribution in [2.45, 2.75) is 242 Å². The van der Waals surface area contributed by atoms with E-state index in [2.05, 4.69) is 91.8 Å². The summed E-state index contributed by atoms with van der Waals surface area (Å²) in [6.45, 7) is 40.6. The monoisotopic (exact) mass is 875 g/mol. The molecular weight excluding hydrogens is 781 g/mol. The summed E-state index contributed by atoms with van der Waals surface area (Å²) < 4.78 is 10.8. The summed E-state index contributed by atoms with van der Waals surface area (Å²) in [6, 6.07) is -0.245. The van der Waals surface area contributed by atoms with Crippen LogP contribution in [0.1, 0.15) is 196 Å². The van der Waals surface area contributed by atoms with Gasteiger partial charge in [0.25, 0.3) is 0 Å². The smallest absolute Gasteiger partial charge is 0.408 e. The second kappa shape index (κ2) is 22.4. The van der Waals surface area contributed by atoms with E-state index in [-0.39, 0.29) is 46.2 Å². The van der Waals surface area contributed by atoms with Crippen molar-refractivity contribution in [2.24, 2.45) is 29.1 Å². The standard InChI is InChI=1S/C26H48N2O4.C25H46N2O3/c1-18(2)14-20(27-22(30)32-23(3,4)5)12-13-24(6,7)17-21(29)19-15-25(8,9)28(31)26(10,11)16-19;1-18(2)15-20(26-22(29)30-23(3,4)5)13-11-12-14-21(28)19-16-24(6,7)27(10)25(8,9)17-19/h12-13,18-20,31H,14-17H2,1-11H3,(H,27,30);11,13,18-20H,12,14-17H2,1-10H3,(H,26,29)/b13-12+;13-11+/t2*20-/m11/s1. The maximum Gasteiger partial charge on any atom is 0.408 e. The van der Waals surface area contributed by atoms with Gasteiger partial charge in [0.05, 0.1) is 12.1 Å². The summed E-state index contributed by atoms with van der Waals surface area (Å²) in [7, 11) is 2.16. The number of carbonyl (C=O) groups excluding carboxylic acids is 4. The molecule has 2 saturated heterocycles. The van der Waals surface area contributed by atoms with Crippen LogP contribution in [0.2, 0.25) is 0 Å². The summed E-state index contributed by atoms with van der Waals surface area (Å²) in [4.78, 5) is 52.9. The number of nitrogens with one attached hydrogen (secondary N) is 2. The number of ketones is 2. The van der Waals surface area contributed by atoms with Gasteiger partial charge in [0, 0.05) is 46.8 Å². The van der Waals surface area contributed by atoms with Crippen LogP contribution in [-0.2, 0) is 19.1 Å². The predicted octanol–water partition coefficient (Wildman–Crippen LogP) is 11.9. The minimum atomic E-state index is -0.548. The Kier molecular flexibility index (Phi) is 20.7. The van der Waals surface area contributed by atoms with Crippen LogP contribution in [0.3, 0.4) is 0 Å². The lowest BCUT2D eigenvalue weighted by Gasteiger charge is -2.53. The van der Waals surface area contributed by atoms with E-state index in [9.17, 15) is 24.4 Å². The van der Waals surface area contributed by atoms with Crippen molar-refractivity contribution in [3.63, 3.8) is 0 Å². The molecule has 360 valence electrons. The first-order valence-electron chi connectivity index (χ1n) is 23.4. The minimum Gasteiger partial charge on any atom is -0.444 e. The van der Waals surface area contributed by atoms with Crippen molar-refractivity contribution in [3.05, 3.63) is 24.3 Å². The third-order valence-electron chi connectivity index (χ3n) is 12.0. The van der Waals surface area contributed by atoms with Crippen molar-refractivity contribution in [2.75, 3.05) is 7.05 Å². The molecule has 2 amide bonds. The van der Waals surface area contributed by atoms with Crippen LogP contribution in [0.4, 0.5) is 9.59 Å². The molecule has 0 saturated carbocycles. The molecule has 11 nitrogen and oxygen atoms in total. The normalized spacial score (nSPS) is 21.0. The average Bonchev–Trinajstić information content (AvgIpc) is 3.04. The van der Waals surface area contributed by atoms with Crippen LogP contribution >= 0.6 is 0 Å². The Labute approximate surface area is 379 Å². The number of hydroxylamine groups is 2. The van der Waals surface area contributed by atoms with E-state index in [4.69, 9.17) is 9.47 Å². The van der Waals surface area contributed by atoms with Gasteiger partial charge in [-0.15, -0.1) is 0 Å². The number of amides is 2. The van der Waals surface area contributed by atoms with Crippen LogP contribution in [0, 0.1) is 29.1 Å². The zero-order chi connectivity index (χ0) is 48.4. The first-order chi connectivity index (χ1) is 27.8. The molecule has 2 heterocycles. The van der Waals surface area contributed by atoms with Crippen molar-refractivity contribution in [3.8, 4) is 0 Å². The Hall–Kier alpha value is -2.76. The molecule has 62 heavy (non-hydrogen) atoms. The lowest BCUT2D eigenvalue weighted by atomic mass is 9.71. The quantitative estimate of drug-likeness (QED) is 0.129. The first-order valence-corrected chi connectivity index (χ1v) is 23.4. The minimum absolute atomic E-state index is 0.0254. The number of carbonyl (C=O) groups is 4. The van der Waals surface area contributed by atoms with Gasteiger partial charge in [0.15, 0.2) is 0 Å². The fraction of sp³-hybridized carbons (Fsp3) is 0.843. The number of ether oxygens (including phenoxy) is 2. The highest BCUT2D eigenvalue weighted by molar-refractivity contribution is 5.82. The van der Waals surface area contributed by atoms with Gasteiger partial charge in [-0.2, -0.15) is 5.06 Å². The molecule has 0 aromatic rings. The van der Waals surface area contributed by atoms with E-state index < -0.39 is 34.5 Å². The van der Waals surface area contributed by atoms with E-state index in [1.807, 2.05) is 93.5 Å². The fourth-order valence-corrected chi connectivity index (χ4v) is 9.12. The Morgan fingerprint density at radius 3 is 1.40 bits per heavy atom. The number of allylic oxidation sites excluding steroid dienone is 2. The van der Waals surface area contributed by atoms with E-state index in [0.717, 1.165) is 25.7 Å². The average molecular weight is 875 g/mol. The molecule has 3 N–H and O–H groups in total. The summed E-state index contributed by atoms with van der Waals surface area (Å²) in [5, 5.41) is 17.8. The molecule has 0 bridgehead atoms. The van der Waals surface area contributed by atoms with Crippen molar-refractivity contribution >= 4 is 23.8 Å². The predicted molar refractivity (Wildman–Crippen MR) is 254 cm³/mol. The van der Waals surface area contributed by atoms with Crippen molar-refractivity contribution in [1.29, 1.82) is 0 Å². The lowest BCUT2D eigenvalue weighted by molar-refractivity contribution is -0.249. The molecular formula is C51H94N4O7. The molecule has 0 aromatic carbocycles. The van der Waals surface area contributed by atoms with Crippen molar-refractivity contribution in [1.82, 2.24) is 20.6 Å².